The van der Waals surface area contributed by atoms with Crippen molar-refractivity contribution in [1.29, 1.82) is 0 Å². The summed E-state index contributed by atoms with van der Waals surface area (Å²) in [6.07, 6.45) is 12.3. The first-order valence-corrected chi connectivity index (χ1v) is 12.9. The topological polar surface area (TPSA) is 29.5 Å². The molecule has 0 saturated heterocycles. The average molecular weight is 415 g/mol. The number of hydrogen-bond acceptors (Lipinski definition) is 2. The smallest absolute Gasteiger partial charge is 0.0787 e. The summed E-state index contributed by atoms with van der Waals surface area (Å²) in [6, 6.07) is 0. The van der Waals surface area contributed by atoms with Crippen molar-refractivity contribution >= 4 is 0 Å². The maximum absolute atomic E-state index is 10.3. The molecule has 0 aromatic carbocycles. The number of aliphatic hydroxyl groups excluding tert-OH is 1. The minimum atomic E-state index is -0.149. The summed E-state index contributed by atoms with van der Waals surface area (Å²) in [6.45, 7) is 14.1. The predicted molar refractivity (Wildman–Crippen MR) is 125 cm³/mol. The second kappa shape index (κ2) is 8.74. The summed E-state index contributed by atoms with van der Waals surface area (Å²) < 4.78 is 6.02. The molecule has 0 radical (unpaired) electrons. The number of allylic oxidation sites excluding steroid dienone is 2. The molecule has 4 rings (SSSR count). The van der Waals surface area contributed by atoms with E-state index >= 15 is 0 Å². The van der Waals surface area contributed by atoms with Crippen molar-refractivity contribution < 1.29 is 9.84 Å². The Bertz CT molecular complexity index is 676. The summed E-state index contributed by atoms with van der Waals surface area (Å²) in [5, 5.41) is 10.3. The van der Waals surface area contributed by atoms with Crippen LogP contribution in [0.3, 0.4) is 0 Å². The van der Waals surface area contributed by atoms with Gasteiger partial charge in [-0.15, -0.1) is 0 Å². The largest absolute Gasteiger partial charge is 0.393 e. The van der Waals surface area contributed by atoms with Gasteiger partial charge in [-0.3, -0.25) is 0 Å². The molecule has 2 heteroatoms. The Morgan fingerprint density at radius 2 is 1.93 bits per heavy atom. The molecule has 1 N–H and O–H groups in total. The maximum Gasteiger partial charge on any atom is 0.0787 e. The van der Waals surface area contributed by atoms with Gasteiger partial charge in [0, 0.05) is 7.11 Å². The highest BCUT2D eigenvalue weighted by Gasteiger charge is 2.57. The molecule has 2 nitrogen and oxygen atoms in total. The number of methoxy groups -OCH3 is 1. The molecule has 8 atom stereocenters. The van der Waals surface area contributed by atoms with Gasteiger partial charge in [0.1, 0.15) is 0 Å². The van der Waals surface area contributed by atoms with Crippen molar-refractivity contribution in [3.05, 3.63) is 23.3 Å². The quantitative estimate of drug-likeness (QED) is 0.477. The minimum Gasteiger partial charge on any atom is -0.393 e. The third-order valence-electron chi connectivity index (χ3n) is 10.2. The molecular formula is C28H46O2. The highest BCUT2D eigenvalue weighted by Crippen LogP contribution is 2.64. The van der Waals surface area contributed by atoms with Gasteiger partial charge in [-0.25, -0.2) is 0 Å². The van der Waals surface area contributed by atoms with E-state index < -0.39 is 0 Å². The fourth-order valence-corrected chi connectivity index (χ4v) is 8.29. The SMILES string of the molecule is C=C(CCC(C)C1CCC2C3CC(OC)C4=C(CCC(O)C4)C3CCC12C)C(C)C. The molecule has 0 aromatic rings. The van der Waals surface area contributed by atoms with Crippen LogP contribution < -0.4 is 0 Å². The Labute approximate surface area is 185 Å². The zero-order valence-corrected chi connectivity index (χ0v) is 20.3. The Kier molecular flexibility index (Phi) is 6.58. The lowest BCUT2D eigenvalue weighted by molar-refractivity contribution is -0.0317. The van der Waals surface area contributed by atoms with Gasteiger partial charge in [-0.1, -0.05) is 45.4 Å². The van der Waals surface area contributed by atoms with E-state index in [-0.39, 0.29) is 12.2 Å². The van der Waals surface area contributed by atoms with Crippen LogP contribution in [0.15, 0.2) is 23.3 Å². The number of fused-ring (bicyclic) bond motifs is 4. The van der Waals surface area contributed by atoms with Crippen LogP contribution in [0.1, 0.15) is 91.9 Å². The van der Waals surface area contributed by atoms with Crippen LogP contribution >= 0.6 is 0 Å². The molecule has 2 fully saturated rings. The van der Waals surface area contributed by atoms with Gasteiger partial charge in [0.25, 0.3) is 0 Å². The summed E-state index contributed by atoms with van der Waals surface area (Å²) in [5.74, 6) is 4.71. The van der Waals surface area contributed by atoms with Crippen molar-refractivity contribution in [2.75, 3.05) is 7.11 Å². The van der Waals surface area contributed by atoms with Crippen LogP contribution in [0, 0.1) is 40.9 Å². The Morgan fingerprint density at radius 1 is 1.17 bits per heavy atom. The first-order chi connectivity index (χ1) is 14.3. The molecule has 0 spiro atoms. The monoisotopic (exact) mass is 414 g/mol. The summed E-state index contributed by atoms with van der Waals surface area (Å²) in [4.78, 5) is 0. The van der Waals surface area contributed by atoms with E-state index in [9.17, 15) is 5.11 Å². The molecule has 0 bridgehead atoms. The van der Waals surface area contributed by atoms with E-state index in [1.54, 1.807) is 5.57 Å². The second-order valence-electron chi connectivity index (χ2n) is 11.8. The van der Waals surface area contributed by atoms with Crippen LogP contribution in [0.5, 0.6) is 0 Å². The first kappa shape index (κ1) is 22.6. The highest BCUT2D eigenvalue weighted by atomic mass is 16.5. The predicted octanol–water partition coefficient (Wildman–Crippen LogP) is 6.93. The zero-order chi connectivity index (χ0) is 21.6. The molecule has 0 heterocycles. The Hall–Kier alpha value is -0.600. The van der Waals surface area contributed by atoms with Crippen molar-refractivity contribution in [2.45, 2.75) is 104 Å². The molecule has 0 amide bonds. The van der Waals surface area contributed by atoms with Crippen LogP contribution in [0.25, 0.3) is 0 Å². The van der Waals surface area contributed by atoms with Crippen molar-refractivity contribution in [3.63, 3.8) is 0 Å². The highest BCUT2D eigenvalue weighted by molar-refractivity contribution is 5.30. The molecule has 0 aliphatic heterocycles. The molecular weight excluding hydrogens is 368 g/mol. The van der Waals surface area contributed by atoms with Gasteiger partial charge in [0.15, 0.2) is 0 Å². The lowest BCUT2D eigenvalue weighted by atomic mass is 9.51. The van der Waals surface area contributed by atoms with Crippen LogP contribution in [-0.4, -0.2) is 24.4 Å². The molecule has 2 saturated carbocycles. The van der Waals surface area contributed by atoms with Gasteiger partial charge in [-0.2, -0.15) is 0 Å². The summed E-state index contributed by atoms with van der Waals surface area (Å²) in [5.41, 5.74) is 5.12. The fourth-order valence-electron chi connectivity index (χ4n) is 8.29. The summed E-state index contributed by atoms with van der Waals surface area (Å²) >= 11 is 0. The van der Waals surface area contributed by atoms with Crippen molar-refractivity contribution in [1.82, 2.24) is 0 Å². The normalized spacial score (nSPS) is 42.0. The second-order valence-corrected chi connectivity index (χ2v) is 11.8. The molecule has 8 unspecified atom stereocenters. The fraction of sp³-hybridized carbons (Fsp3) is 0.857. The van der Waals surface area contributed by atoms with Gasteiger partial charge >= 0.3 is 0 Å². The molecule has 30 heavy (non-hydrogen) atoms. The molecule has 0 aromatic heterocycles. The molecule has 170 valence electrons. The maximum atomic E-state index is 10.3. The lowest BCUT2D eigenvalue weighted by Gasteiger charge is -2.54. The number of rotatable bonds is 6. The van der Waals surface area contributed by atoms with Crippen molar-refractivity contribution in [2.24, 2.45) is 40.9 Å². The van der Waals surface area contributed by atoms with Gasteiger partial charge in [-0.05, 0) is 111 Å². The first-order valence-electron chi connectivity index (χ1n) is 12.9. The van der Waals surface area contributed by atoms with Crippen LogP contribution in [-0.2, 0) is 4.74 Å². The van der Waals surface area contributed by atoms with Gasteiger partial charge in [0.05, 0.1) is 12.2 Å². The Balaban J connectivity index is 1.51. The number of aliphatic hydroxyl groups is 1. The third kappa shape index (κ3) is 3.85. The third-order valence-corrected chi connectivity index (χ3v) is 10.2. The lowest BCUT2D eigenvalue weighted by Crippen LogP contribution is -2.47. The average Bonchev–Trinajstić information content (AvgIpc) is 3.08. The van der Waals surface area contributed by atoms with E-state index in [4.69, 9.17) is 4.74 Å². The summed E-state index contributed by atoms with van der Waals surface area (Å²) in [7, 11) is 1.89. The van der Waals surface area contributed by atoms with Gasteiger partial charge in [0.2, 0.25) is 0 Å². The molecule has 4 aliphatic rings. The Morgan fingerprint density at radius 3 is 2.63 bits per heavy atom. The van der Waals surface area contributed by atoms with E-state index in [2.05, 4.69) is 34.3 Å². The standard InChI is InChI=1S/C28H46O2/c1-17(2)18(3)7-8-19(4)25-11-12-26-23-16-27(30-6)24-15-20(29)9-10-21(24)22(23)13-14-28(25,26)5/h17,19-20,22-23,25-27,29H,3,7-16H2,1-2,4-6H3. The minimum absolute atomic E-state index is 0.149. The zero-order valence-electron chi connectivity index (χ0n) is 20.3. The van der Waals surface area contributed by atoms with E-state index in [0.717, 1.165) is 48.9 Å². The van der Waals surface area contributed by atoms with E-state index in [1.807, 2.05) is 7.11 Å². The van der Waals surface area contributed by atoms with Crippen LogP contribution in [0.4, 0.5) is 0 Å². The number of ether oxygens (including phenoxy) is 1. The van der Waals surface area contributed by atoms with E-state index in [1.165, 1.54) is 56.1 Å². The number of hydrogen-bond donors (Lipinski definition) is 1. The van der Waals surface area contributed by atoms with Gasteiger partial charge < -0.3 is 9.84 Å². The van der Waals surface area contributed by atoms with E-state index in [0.29, 0.717) is 11.3 Å². The van der Waals surface area contributed by atoms with Crippen LogP contribution in [0.2, 0.25) is 0 Å². The molecule has 4 aliphatic carbocycles. The van der Waals surface area contributed by atoms with Crippen molar-refractivity contribution in [3.8, 4) is 0 Å².